The summed E-state index contributed by atoms with van der Waals surface area (Å²) in [6.45, 7) is 6.67. The average molecular weight is 288 g/mol. The average Bonchev–Trinajstić information content (AvgIpc) is 2.10. The van der Waals surface area contributed by atoms with Crippen LogP contribution in [0, 0.1) is 17.0 Å². The highest BCUT2D eigenvalue weighted by molar-refractivity contribution is 6.32. The summed E-state index contributed by atoms with van der Waals surface area (Å²) in [7, 11) is 0. The second kappa shape index (κ2) is 5.40. The van der Waals surface area contributed by atoms with E-state index in [-0.39, 0.29) is 10.8 Å². The van der Waals surface area contributed by atoms with Crippen LogP contribution in [0.3, 0.4) is 0 Å². The minimum Gasteiger partial charge on any atom is -0.444 e. The molecule has 0 aromatic carbocycles. The van der Waals surface area contributed by atoms with Gasteiger partial charge in [-0.15, -0.1) is 0 Å². The van der Waals surface area contributed by atoms with Gasteiger partial charge in [0.1, 0.15) is 11.3 Å². The van der Waals surface area contributed by atoms with Gasteiger partial charge in [0.25, 0.3) is 0 Å². The molecule has 1 rings (SSSR count). The van der Waals surface area contributed by atoms with Crippen molar-refractivity contribution in [2.24, 2.45) is 0 Å². The summed E-state index contributed by atoms with van der Waals surface area (Å²) in [6.07, 6.45) is -0.794. The van der Waals surface area contributed by atoms with Crippen molar-refractivity contribution in [2.45, 2.75) is 33.3 Å². The number of anilines is 1. The molecule has 8 heteroatoms. The third-order valence-electron chi connectivity index (χ3n) is 1.90. The highest BCUT2D eigenvalue weighted by atomic mass is 35.5. The quantitative estimate of drug-likeness (QED) is 0.511. The Kier molecular flexibility index (Phi) is 4.31. The Bertz CT molecular complexity index is 525. The van der Waals surface area contributed by atoms with E-state index < -0.39 is 22.3 Å². The van der Waals surface area contributed by atoms with Gasteiger partial charge in [-0.2, -0.15) is 0 Å². The number of nitrogens with one attached hydrogen (secondary N) is 1. The van der Waals surface area contributed by atoms with Crippen LogP contribution in [0.2, 0.25) is 5.15 Å². The van der Waals surface area contributed by atoms with E-state index in [0.717, 1.165) is 0 Å². The van der Waals surface area contributed by atoms with E-state index in [9.17, 15) is 14.9 Å². The molecule has 0 fully saturated rings. The van der Waals surface area contributed by atoms with Crippen molar-refractivity contribution in [2.75, 3.05) is 5.32 Å². The first-order chi connectivity index (χ1) is 8.60. The van der Waals surface area contributed by atoms with Crippen molar-refractivity contribution < 1.29 is 14.5 Å². The van der Waals surface area contributed by atoms with Crippen LogP contribution in [-0.4, -0.2) is 21.6 Å². The predicted molar refractivity (Wildman–Crippen MR) is 70.5 cm³/mol. The lowest BCUT2D eigenvalue weighted by molar-refractivity contribution is -0.384. The summed E-state index contributed by atoms with van der Waals surface area (Å²) < 4.78 is 5.02. The number of carbonyl (C=O) groups is 1. The largest absolute Gasteiger partial charge is 0.444 e. The third kappa shape index (κ3) is 4.36. The van der Waals surface area contributed by atoms with E-state index in [4.69, 9.17) is 16.3 Å². The first-order valence-corrected chi connectivity index (χ1v) is 5.79. The molecule has 0 aliphatic heterocycles. The van der Waals surface area contributed by atoms with E-state index in [0.29, 0.717) is 5.69 Å². The molecule has 0 atom stereocenters. The van der Waals surface area contributed by atoms with Crippen LogP contribution >= 0.6 is 11.6 Å². The summed E-state index contributed by atoms with van der Waals surface area (Å²) in [6, 6.07) is 1.36. The van der Waals surface area contributed by atoms with Gasteiger partial charge in [0, 0.05) is 5.69 Å². The number of hydrogen-bond acceptors (Lipinski definition) is 5. The molecule has 0 spiro atoms. The Morgan fingerprint density at radius 1 is 1.53 bits per heavy atom. The Labute approximate surface area is 115 Å². The van der Waals surface area contributed by atoms with Gasteiger partial charge in [-0.05, 0) is 33.8 Å². The van der Waals surface area contributed by atoms with Crippen LogP contribution in [0.1, 0.15) is 26.5 Å². The number of ether oxygens (including phenoxy) is 1. The molecule has 104 valence electrons. The molecule has 0 unspecified atom stereocenters. The Morgan fingerprint density at radius 3 is 2.58 bits per heavy atom. The van der Waals surface area contributed by atoms with E-state index in [1.807, 2.05) is 0 Å². The first-order valence-electron chi connectivity index (χ1n) is 5.41. The summed E-state index contributed by atoms with van der Waals surface area (Å²) in [5.41, 5.74) is -0.762. The molecule has 1 N–H and O–H groups in total. The van der Waals surface area contributed by atoms with Gasteiger partial charge in [0.05, 0.1) is 4.92 Å². The Balaban J connectivity index is 3.07. The molecular weight excluding hydrogens is 274 g/mol. The highest BCUT2D eigenvalue weighted by Gasteiger charge is 2.24. The molecule has 0 saturated carbocycles. The van der Waals surface area contributed by atoms with Crippen molar-refractivity contribution in [3.05, 3.63) is 27.0 Å². The molecule has 0 aliphatic carbocycles. The standard InChI is InChI=1S/C11H14ClN3O4/c1-6-5-7(8(15(17)18)9(12)13-6)14-10(16)19-11(2,3)4/h5H,1-4H3,(H,13,14,16). The van der Waals surface area contributed by atoms with Crippen LogP contribution in [0.15, 0.2) is 6.07 Å². The van der Waals surface area contributed by atoms with Crippen molar-refractivity contribution in [3.8, 4) is 0 Å². The smallest absolute Gasteiger partial charge is 0.412 e. The van der Waals surface area contributed by atoms with Crippen molar-refractivity contribution in [3.63, 3.8) is 0 Å². The number of nitro groups is 1. The van der Waals surface area contributed by atoms with E-state index in [1.165, 1.54) is 6.07 Å². The number of halogens is 1. The minimum absolute atomic E-state index is 0.0447. The summed E-state index contributed by atoms with van der Waals surface area (Å²) in [4.78, 5) is 25.6. The Hall–Kier alpha value is -1.89. The lowest BCUT2D eigenvalue weighted by atomic mass is 10.2. The fourth-order valence-electron chi connectivity index (χ4n) is 1.31. The van der Waals surface area contributed by atoms with Gasteiger partial charge in [-0.3, -0.25) is 15.4 Å². The molecule has 0 saturated heterocycles. The van der Waals surface area contributed by atoms with Crippen LogP contribution in [0.4, 0.5) is 16.2 Å². The first kappa shape index (κ1) is 15.2. The molecule has 1 aromatic heterocycles. The number of nitrogens with zero attached hydrogens (tertiary/aromatic N) is 2. The molecule has 7 nitrogen and oxygen atoms in total. The topological polar surface area (TPSA) is 94.4 Å². The second-order valence-corrected chi connectivity index (χ2v) is 5.19. The van der Waals surface area contributed by atoms with Crippen molar-refractivity contribution in [1.29, 1.82) is 0 Å². The predicted octanol–water partition coefficient (Wildman–Crippen LogP) is 3.30. The zero-order chi connectivity index (χ0) is 14.8. The number of hydrogen-bond donors (Lipinski definition) is 1. The maximum Gasteiger partial charge on any atom is 0.412 e. The molecule has 19 heavy (non-hydrogen) atoms. The molecule has 0 aliphatic rings. The zero-order valence-electron chi connectivity index (χ0n) is 11.0. The third-order valence-corrected chi connectivity index (χ3v) is 2.16. The van der Waals surface area contributed by atoms with Gasteiger partial charge in [0.2, 0.25) is 5.15 Å². The number of aromatic nitrogens is 1. The Morgan fingerprint density at radius 2 is 2.11 bits per heavy atom. The molecule has 1 amide bonds. The van der Waals surface area contributed by atoms with Crippen LogP contribution < -0.4 is 5.32 Å². The van der Waals surface area contributed by atoms with E-state index >= 15 is 0 Å². The minimum atomic E-state index is -0.794. The van der Waals surface area contributed by atoms with Gasteiger partial charge in [-0.25, -0.2) is 9.78 Å². The number of aryl methyl sites for hydroxylation is 1. The highest BCUT2D eigenvalue weighted by Crippen LogP contribution is 2.31. The van der Waals surface area contributed by atoms with E-state index in [2.05, 4.69) is 10.3 Å². The van der Waals surface area contributed by atoms with Crippen molar-refractivity contribution in [1.82, 2.24) is 4.98 Å². The maximum absolute atomic E-state index is 11.6. The lowest BCUT2D eigenvalue weighted by Crippen LogP contribution is -2.27. The normalized spacial score (nSPS) is 11.0. The molecule has 0 bridgehead atoms. The van der Waals surface area contributed by atoms with Crippen molar-refractivity contribution >= 4 is 29.1 Å². The fourth-order valence-corrected chi connectivity index (χ4v) is 1.62. The van der Waals surface area contributed by atoms with Crippen LogP contribution in [-0.2, 0) is 4.74 Å². The zero-order valence-corrected chi connectivity index (χ0v) is 11.7. The SMILES string of the molecule is Cc1cc(NC(=O)OC(C)(C)C)c([N+](=O)[O-])c(Cl)n1. The lowest BCUT2D eigenvalue weighted by Gasteiger charge is -2.19. The number of rotatable bonds is 2. The molecule has 1 aromatic rings. The number of amides is 1. The van der Waals surface area contributed by atoms with Crippen LogP contribution in [0.5, 0.6) is 0 Å². The number of carbonyl (C=O) groups excluding carboxylic acids is 1. The molecular formula is C11H14ClN3O4. The molecule has 0 radical (unpaired) electrons. The fraction of sp³-hybridized carbons (Fsp3) is 0.455. The second-order valence-electron chi connectivity index (χ2n) is 4.83. The molecule has 1 heterocycles. The van der Waals surface area contributed by atoms with Gasteiger partial charge >= 0.3 is 11.8 Å². The summed E-state index contributed by atoms with van der Waals surface area (Å²) in [5.74, 6) is 0. The van der Waals surface area contributed by atoms with Crippen LogP contribution in [0.25, 0.3) is 0 Å². The monoisotopic (exact) mass is 287 g/mol. The number of pyridine rings is 1. The van der Waals surface area contributed by atoms with Gasteiger partial charge in [-0.1, -0.05) is 11.6 Å². The van der Waals surface area contributed by atoms with Gasteiger partial charge < -0.3 is 4.74 Å². The van der Waals surface area contributed by atoms with E-state index in [1.54, 1.807) is 27.7 Å². The summed E-state index contributed by atoms with van der Waals surface area (Å²) >= 11 is 5.70. The van der Waals surface area contributed by atoms with Gasteiger partial charge in [0.15, 0.2) is 0 Å². The summed E-state index contributed by atoms with van der Waals surface area (Å²) in [5, 5.41) is 12.9. The maximum atomic E-state index is 11.6.